The lowest BCUT2D eigenvalue weighted by molar-refractivity contribution is -0.255. The molecule has 130 valence electrons. The van der Waals surface area contributed by atoms with Crippen LogP contribution in [0.25, 0.3) is 0 Å². The molecule has 1 aromatic heterocycles. The summed E-state index contributed by atoms with van der Waals surface area (Å²) in [5.41, 5.74) is -0.687. The molecular weight excluding hydrogens is 343 g/mol. The standard InChI is InChI=1S/C16H16F3NO3S/c1-2-3-6-23-13-5-4-11(16(17,18)19)7-10(13)8-14-20-12(9-24-14)15(21)22/h4-5,7,9H,2-3,6,8H2,1H3,(H,21,22)/p-1. The highest BCUT2D eigenvalue weighted by Gasteiger charge is 2.31. The summed E-state index contributed by atoms with van der Waals surface area (Å²) in [6.07, 6.45) is -2.72. The van der Waals surface area contributed by atoms with Gasteiger partial charge in [-0.3, -0.25) is 0 Å². The number of hydrogen-bond donors (Lipinski definition) is 0. The maximum absolute atomic E-state index is 12.9. The third-order valence-electron chi connectivity index (χ3n) is 3.25. The lowest BCUT2D eigenvalue weighted by Gasteiger charge is -2.14. The molecule has 0 bridgehead atoms. The fourth-order valence-electron chi connectivity index (χ4n) is 2.01. The third kappa shape index (κ3) is 4.70. The topological polar surface area (TPSA) is 62.2 Å². The van der Waals surface area contributed by atoms with Crippen molar-refractivity contribution in [2.75, 3.05) is 6.61 Å². The molecule has 2 aromatic rings. The van der Waals surface area contributed by atoms with Crippen molar-refractivity contribution in [3.05, 3.63) is 45.4 Å². The Kier molecular flexibility index (Phi) is 5.82. The van der Waals surface area contributed by atoms with E-state index in [0.29, 0.717) is 22.9 Å². The lowest BCUT2D eigenvalue weighted by Crippen LogP contribution is -2.22. The van der Waals surface area contributed by atoms with Gasteiger partial charge in [0.2, 0.25) is 0 Å². The first-order valence-corrected chi connectivity index (χ1v) is 8.18. The number of nitrogens with zero attached hydrogens (tertiary/aromatic N) is 1. The van der Waals surface area contributed by atoms with E-state index in [1.54, 1.807) is 0 Å². The van der Waals surface area contributed by atoms with Crippen LogP contribution >= 0.6 is 11.3 Å². The molecule has 2 rings (SSSR count). The van der Waals surface area contributed by atoms with Crippen LogP contribution in [0, 0.1) is 0 Å². The Labute approximate surface area is 140 Å². The molecule has 0 amide bonds. The van der Waals surface area contributed by atoms with Crippen molar-refractivity contribution in [3.8, 4) is 5.75 Å². The second-order valence-electron chi connectivity index (χ2n) is 5.11. The van der Waals surface area contributed by atoms with Crippen molar-refractivity contribution in [2.45, 2.75) is 32.4 Å². The Hall–Kier alpha value is -2.09. The molecule has 0 unspecified atom stereocenters. The molecule has 1 heterocycles. The van der Waals surface area contributed by atoms with Gasteiger partial charge in [-0.15, -0.1) is 11.3 Å². The molecule has 0 aliphatic carbocycles. The molecule has 0 saturated heterocycles. The van der Waals surface area contributed by atoms with E-state index < -0.39 is 17.7 Å². The molecule has 0 fully saturated rings. The normalized spacial score (nSPS) is 11.5. The predicted molar refractivity (Wildman–Crippen MR) is 81.1 cm³/mol. The summed E-state index contributed by atoms with van der Waals surface area (Å²) in [7, 11) is 0. The largest absolute Gasteiger partial charge is 0.543 e. The van der Waals surface area contributed by atoms with Gasteiger partial charge in [0.05, 0.1) is 28.8 Å². The van der Waals surface area contributed by atoms with Crippen LogP contribution in [0.5, 0.6) is 5.75 Å². The van der Waals surface area contributed by atoms with E-state index in [0.717, 1.165) is 36.3 Å². The van der Waals surface area contributed by atoms with E-state index >= 15 is 0 Å². The Morgan fingerprint density at radius 2 is 2.12 bits per heavy atom. The summed E-state index contributed by atoms with van der Waals surface area (Å²) >= 11 is 1.05. The molecule has 24 heavy (non-hydrogen) atoms. The number of hydrogen-bond acceptors (Lipinski definition) is 5. The van der Waals surface area contributed by atoms with Gasteiger partial charge in [0.15, 0.2) is 0 Å². The summed E-state index contributed by atoms with van der Waals surface area (Å²) in [5, 5.41) is 12.4. The number of benzene rings is 1. The number of ether oxygens (including phenoxy) is 1. The molecule has 0 aliphatic heterocycles. The minimum atomic E-state index is -4.46. The zero-order valence-electron chi connectivity index (χ0n) is 12.9. The summed E-state index contributed by atoms with van der Waals surface area (Å²) < 4.78 is 44.3. The van der Waals surface area contributed by atoms with Gasteiger partial charge in [0, 0.05) is 17.4 Å². The minimum absolute atomic E-state index is 0.0589. The zero-order valence-corrected chi connectivity index (χ0v) is 13.7. The van der Waals surface area contributed by atoms with E-state index in [2.05, 4.69) is 4.98 Å². The van der Waals surface area contributed by atoms with Crippen LogP contribution in [0.1, 0.15) is 46.4 Å². The molecule has 0 aliphatic rings. The van der Waals surface area contributed by atoms with Crippen LogP contribution in [0.2, 0.25) is 0 Å². The number of alkyl halides is 3. The first-order chi connectivity index (χ1) is 11.3. The van der Waals surface area contributed by atoms with Gasteiger partial charge in [0.25, 0.3) is 0 Å². The van der Waals surface area contributed by atoms with Crippen molar-refractivity contribution in [3.63, 3.8) is 0 Å². The van der Waals surface area contributed by atoms with Crippen LogP contribution in [0.3, 0.4) is 0 Å². The predicted octanol–water partition coefficient (Wildman–Crippen LogP) is 3.30. The first kappa shape index (κ1) is 18.3. The smallest absolute Gasteiger partial charge is 0.416 e. The quantitative estimate of drug-likeness (QED) is 0.713. The highest BCUT2D eigenvalue weighted by molar-refractivity contribution is 7.09. The van der Waals surface area contributed by atoms with Crippen LogP contribution in [-0.4, -0.2) is 17.6 Å². The molecule has 0 spiro atoms. The average Bonchev–Trinajstić information content (AvgIpc) is 2.96. The van der Waals surface area contributed by atoms with Crippen molar-refractivity contribution in [1.82, 2.24) is 4.98 Å². The van der Waals surface area contributed by atoms with Crippen LogP contribution < -0.4 is 9.84 Å². The van der Waals surface area contributed by atoms with E-state index in [4.69, 9.17) is 4.74 Å². The minimum Gasteiger partial charge on any atom is -0.543 e. The number of carbonyl (C=O) groups is 1. The highest BCUT2D eigenvalue weighted by atomic mass is 32.1. The number of rotatable bonds is 7. The number of unbranched alkanes of at least 4 members (excludes halogenated alkanes) is 1. The summed E-state index contributed by atoms with van der Waals surface area (Å²) in [6, 6.07) is 3.28. The summed E-state index contributed by atoms with van der Waals surface area (Å²) in [5.74, 6) is -1.07. The van der Waals surface area contributed by atoms with Crippen molar-refractivity contribution in [2.24, 2.45) is 0 Å². The number of aromatic carboxylic acids is 1. The van der Waals surface area contributed by atoms with Crippen LogP contribution in [-0.2, 0) is 12.6 Å². The molecule has 1 aromatic carbocycles. The van der Waals surface area contributed by atoms with Crippen molar-refractivity contribution >= 4 is 17.3 Å². The van der Waals surface area contributed by atoms with Gasteiger partial charge < -0.3 is 14.6 Å². The van der Waals surface area contributed by atoms with Crippen molar-refractivity contribution < 1.29 is 27.8 Å². The number of thiazole rings is 1. The van der Waals surface area contributed by atoms with E-state index in [1.165, 1.54) is 11.4 Å². The number of aromatic nitrogens is 1. The molecule has 4 nitrogen and oxygen atoms in total. The fourth-order valence-corrected chi connectivity index (χ4v) is 2.80. The fraction of sp³-hybridized carbons (Fsp3) is 0.375. The maximum Gasteiger partial charge on any atom is 0.416 e. The molecule has 8 heteroatoms. The number of carbonyl (C=O) groups excluding carboxylic acids is 1. The van der Waals surface area contributed by atoms with Crippen LogP contribution in [0.15, 0.2) is 23.6 Å². The van der Waals surface area contributed by atoms with Gasteiger partial charge in [0.1, 0.15) is 5.75 Å². The lowest BCUT2D eigenvalue weighted by atomic mass is 10.1. The second-order valence-corrected chi connectivity index (χ2v) is 6.06. The van der Waals surface area contributed by atoms with E-state index in [1.807, 2.05) is 6.92 Å². The van der Waals surface area contributed by atoms with Gasteiger partial charge in [-0.25, -0.2) is 4.98 Å². The second kappa shape index (κ2) is 7.65. The Morgan fingerprint density at radius 3 is 2.71 bits per heavy atom. The van der Waals surface area contributed by atoms with Gasteiger partial charge >= 0.3 is 6.18 Å². The number of halogens is 3. The molecule has 0 N–H and O–H groups in total. The third-order valence-corrected chi connectivity index (χ3v) is 4.09. The van der Waals surface area contributed by atoms with Gasteiger partial charge in [-0.1, -0.05) is 13.3 Å². The van der Waals surface area contributed by atoms with Gasteiger partial charge in [-0.05, 0) is 24.6 Å². The highest BCUT2D eigenvalue weighted by Crippen LogP contribution is 2.33. The summed E-state index contributed by atoms with van der Waals surface area (Å²) in [6.45, 7) is 2.38. The summed E-state index contributed by atoms with van der Waals surface area (Å²) in [4.78, 5) is 14.6. The zero-order chi connectivity index (χ0) is 17.7. The Morgan fingerprint density at radius 1 is 1.38 bits per heavy atom. The Bertz CT molecular complexity index is 713. The molecule has 0 radical (unpaired) electrons. The van der Waals surface area contributed by atoms with Crippen molar-refractivity contribution in [1.29, 1.82) is 0 Å². The van der Waals surface area contributed by atoms with E-state index in [9.17, 15) is 23.1 Å². The number of carboxylic acids is 1. The van der Waals surface area contributed by atoms with Crippen LogP contribution in [0.4, 0.5) is 13.2 Å². The molecular formula is C16H15F3NO3S-. The first-order valence-electron chi connectivity index (χ1n) is 7.30. The Balaban J connectivity index is 2.29. The SMILES string of the molecule is CCCCOc1ccc(C(F)(F)F)cc1Cc1nc(C(=O)[O-])cs1. The maximum atomic E-state index is 12.9. The monoisotopic (exact) mass is 358 g/mol. The molecule has 0 saturated carbocycles. The molecule has 0 atom stereocenters. The number of carboxylic acid groups (broad SMARTS) is 1. The average molecular weight is 358 g/mol. The van der Waals surface area contributed by atoms with E-state index in [-0.39, 0.29) is 12.1 Å². The van der Waals surface area contributed by atoms with Gasteiger partial charge in [-0.2, -0.15) is 13.2 Å².